The number of nitrogens with zero attached hydrogens (tertiary/aromatic N) is 3. The summed E-state index contributed by atoms with van der Waals surface area (Å²) in [5, 5.41) is 11.3. The number of benzene rings is 1. The second kappa shape index (κ2) is 6.58. The predicted molar refractivity (Wildman–Crippen MR) is 86.0 cm³/mol. The number of hydrogen-bond donors (Lipinski definition) is 1. The largest absolute Gasteiger partial charge is 0.325 e. The maximum absolute atomic E-state index is 12.0. The number of aryl methyl sites for hydroxylation is 1. The van der Waals surface area contributed by atoms with Gasteiger partial charge in [0.15, 0.2) is 5.65 Å². The van der Waals surface area contributed by atoms with Crippen LogP contribution in [0.3, 0.4) is 0 Å². The molecular formula is C16H15ClN4O. The predicted octanol–water partition coefficient (Wildman–Crippen LogP) is 3.34. The van der Waals surface area contributed by atoms with Crippen molar-refractivity contribution in [2.45, 2.75) is 19.3 Å². The fraction of sp³-hybridized carbons (Fsp3) is 0.188. The van der Waals surface area contributed by atoms with Crippen molar-refractivity contribution in [2.24, 2.45) is 0 Å². The third-order valence-electron chi connectivity index (χ3n) is 3.36. The number of anilines is 1. The molecule has 2 heterocycles. The van der Waals surface area contributed by atoms with Gasteiger partial charge in [-0.05, 0) is 42.7 Å². The molecule has 0 saturated carbocycles. The highest BCUT2D eigenvalue weighted by Gasteiger charge is 2.04. The van der Waals surface area contributed by atoms with Crippen LogP contribution < -0.4 is 5.32 Å². The molecule has 0 fully saturated rings. The van der Waals surface area contributed by atoms with E-state index in [4.69, 9.17) is 11.6 Å². The number of fused-ring (bicyclic) bond motifs is 1. The third-order valence-corrected chi connectivity index (χ3v) is 3.61. The van der Waals surface area contributed by atoms with E-state index in [-0.39, 0.29) is 5.91 Å². The van der Waals surface area contributed by atoms with Gasteiger partial charge in [0, 0.05) is 17.6 Å². The van der Waals surface area contributed by atoms with Gasteiger partial charge in [0.05, 0.1) is 5.69 Å². The maximum Gasteiger partial charge on any atom is 0.224 e. The van der Waals surface area contributed by atoms with Crippen LogP contribution in [0.15, 0.2) is 48.9 Å². The monoisotopic (exact) mass is 314 g/mol. The van der Waals surface area contributed by atoms with Crippen molar-refractivity contribution in [3.05, 3.63) is 59.5 Å². The van der Waals surface area contributed by atoms with E-state index in [1.54, 1.807) is 16.9 Å². The number of nitrogens with one attached hydrogen (secondary N) is 1. The molecule has 0 saturated heterocycles. The molecular weight excluding hydrogens is 300 g/mol. The first-order valence-electron chi connectivity index (χ1n) is 7.04. The zero-order valence-corrected chi connectivity index (χ0v) is 12.6. The lowest BCUT2D eigenvalue weighted by Crippen LogP contribution is -2.11. The van der Waals surface area contributed by atoms with Crippen molar-refractivity contribution >= 4 is 28.8 Å². The van der Waals surface area contributed by atoms with Crippen LogP contribution in [0.1, 0.15) is 18.4 Å². The average Bonchev–Trinajstić information content (AvgIpc) is 2.97. The summed E-state index contributed by atoms with van der Waals surface area (Å²) in [5.41, 5.74) is 2.67. The molecule has 0 atom stereocenters. The van der Waals surface area contributed by atoms with Crippen molar-refractivity contribution in [3.8, 4) is 0 Å². The van der Waals surface area contributed by atoms with E-state index in [1.807, 2.05) is 36.4 Å². The number of pyridine rings is 1. The Balaban J connectivity index is 1.50. The van der Waals surface area contributed by atoms with Crippen molar-refractivity contribution in [2.75, 3.05) is 5.32 Å². The molecule has 112 valence electrons. The van der Waals surface area contributed by atoms with Gasteiger partial charge in [-0.3, -0.25) is 9.20 Å². The van der Waals surface area contributed by atoms with Crippen molar-refractivity contribution < 1.29 is 4.79 Å². The average molecular weight is 315 g/mol. The van der Waals surface area contributed by atoms with E-state index in [9.17, 15) is 4.79 Å². The third kappa shape index (κ3) is 3.62. The Morgan fingerprint density at radius 2 is 2.00 bits per heavy atom. The maximum atomic E-state index is 12.0. The Bertz CT molecular complexity index is 782. The first-order valence-corrected chi connectivity index (χ1v) is 7.42. The fourth-order valence-corrected chi connectivity index (χ4v) is 2.36. The molecule has 6 heteroatoms. The molecule has 5 nitrogen and oxygen atoms in total. The molecule has 0 aliphatic rings. The molecule has 22 heavy (non-hydrogen) atoms. The molecule has 3 rings (SSSR count). The van der Waals surface area contributed by atoms with E-state index in [1.165, 1.54) is 5.56 Å². The first kappa shape index (κ1) is 14.5. The SMILES string of the molecule is O=C(CCCc1ccc(Cl)cc1)Nc1ccc2nncn2c1. The van der Waals surface area contributed by atoms with Crippen molar-refractivity contribution in [1.29, 1.82) is 0 Å². The van der Waals surface area contributed by atoms with Crippen LogP contribution in [-0.4, -0.2) is 20.5 Å². The van der Waals surface area contributed by atoms with Crippen molar-refractivity contribution in [3.63, 3.8) is 0 Å². The van der Waals surface area contributed by atoms with Gasteiger partial charge in [0.1, 0.15) is 6.33 Å². The number of aromatic nitrogens is 3. The van der Waals surface area contributed by atoms with Gasteiger partial charge in [-0.2, -0.15) is 0 Å². The summed E-state index contributed by atoms with van der Waals surface area (Å²) in [6.07, 6.45) is 5.53. The lowest BCUT2D eigenvalue weighted by molar-refractivity contribution is -0.116. The highest BCUT2D eigenvalue weighted by Crippen LogP contribution is 2.13. The van der Waals surface area contributed by atoms with Crippen LogP contribution in [-0.2, 0) is 11.2 Å². The fourth-order valence-electron chi connectivity index (χ4n) is 2.23. The summed E-state index contributed by atoms with van der Waals surface area (Å²) in [6, 6.07) is 11.3. The Hall–Kier alpha value is -2.40. The molecule has 1 amide bonds. The molecule has 0 radical (unpaired) electrons. The highest BCUT2D eigenvalue weighted by atomic mass is 35.5. The number of hydrogen-bond acceptors (Lipinski definition) is 3. The summed E-state index contributed by atoms with van der Waals surface area (Å²) >= 11 is 5.84. The van der Waals surface area contributed by atoms with Gasteiger partial charge in [-0.25, -0.2) is 0 Å². The molecule has 0 aliphatic heterocycles. The number of carbonyl (C=O) groups is 1. The van der Waals surface area contributed by atoms with Crippen LogP contribution in [0.2, 0.25) is 5.02 Å². The molecule has 0 aliphatic carbocycles. The smallest absolute Gasteiger partial charge is 0.224 e. The summed E-state index contributed by atoms with van der Waals surface area (Å²) in [7, 11) is 0. The molecule has 0 bridgehead atoms. The zero-order chi connectivity index (χ0) is 15.4. The molecule has 0 unspecified atom stereocenters. The van der Waals surface area contributed by atoms with E-state index in [0.29, 0.717) is 6.42 Å². The second-order valence-corrected chi connectivity index (χ2v) is 5.48. The summed E-state index contributed by atoms with van der Waals surface area (Å²) < 4.78 is 1.77. The first-order chi connectivity index (χ1) is 10.7. The summed E-state index contributed by atoms with van der Waals surface area (Å²) in [5.74, 6) is 0.00129. The molecule has 3 aromatic rings. The minimum atomic E-state index is 0.00129. The zero-order valence-electron chi connectivity index (χ0n) is 11.9. The number of halogens is 1. The topological polar surface area (TPSA) is 59.3 Å². The highest BCUT2D eigenvalue weighted by molar-refractivity contribution is 6.30. The molecule has 0 spiro atoms. The Morgan fingerprint density at radius 3 is 2.82 bits per heavy atom. The normalized spacial score (nSPS) is 10.8. The second-order valence-electron chi connectivity index (χ2n) is 5.04. The van der Waals surface area contributed by atoms with E-state index in [2.05, 4.69) is 15.5 Å². The number of amides is 1. The lowest BCUT2D eigenvalue weighted by atomic mass is 10.1. The van der Waals surface area contributed by atoms with Gasteiger partial charge in [0.25, 0.3) is 0 Å². The van der Waals surface area contributed by atoms with E-state index in [0.717, 1.165) is 29.2 Å². The number of carbonyl (C=O) groups excluding carboxylic acids is 1. The molecule has 1 aromatic carbocycles. The van der Waals surface area contributed by atoms with Gasteiger partial charge in [-0.1, -0.05) is 23.7 Å². The van der Waals surface area contributed by atoms with Crippen molar-refractivity contribution in [1.82, 2.24) is 14.6 Å². The van der Waals surface area contributed by atoms with Crippen LogP contribution in [0.5, 0.6) is 0 Å². The van der Waals surface area contributed by atoms with Crippen LogP contribution in [0.4, 0.5) is 5.69 Å². The molecule has 2 aromatic heterocycles. The van der Waals surface area contributed by atoms with Crippen LogP contribution >= 0.6 is 11.6 Å². The Morgan fingerprint density at radius 1 is 1.18 bits per heavy atom. The van der Waals surface area contributed by atoms with E-state index >= 15 is 0 Å². The standard InChI is InChI=1S/C16H15ClN4O/c17-13-6-4-12(5-7-13)2-1-3-16(22)19-14-8-9-15-20-18-11-21(15)10-14/h4-11H,1-3H2,(H,19,22). The van der Waals surface area contributed by atoms with Gasteiger partial charge in [0.2, 0.25) is 5.91 Å². The molecule has 1 N–H and O–H groups in total. The summed E-state index contributed by atoms with van der Waals surface area (Å²) in [6.45, 7) is 0. The number of rotatable bonds is 5. The van der Waals surface area contributed by atoms with Crippen LogP contribution in [0.25, 0.3) is 5.65 Å². The minimum Gasteiger partial charge on any atom is -0.325 e. The Kier molecular flexibility index (Phi) is 4.34. The van der Waals surface area contributed by atoms with Gasteiger partial charge in [-0.15, -0.1) is 10.2 Å². The summed E-state index contributed by atoms with van der Waals surface area (Å²) in [4.78, 5) is 12.0. The van der Waals surface area contributed by atoms with E-state index < -0.39 is 0 Å². The quantitative estimate of drug-likeness (QED) is 0.785. The van der Waals surface area contributed by atoms with Gasteiger partial charge < -0.3 is 5.32 Å². The minimum absolute atomic E-state index is 0.00129. The lowest BCUT2D eigenvalue weighted by Gasteiger charge is -2.06. The van der Waals surface area contributed by atoms with Crippen LogP contribution in [0, 0.1) is 0 Å². The Labute approximate surface area is 132 Å². The van der Waals surface area contributed by atoms with Gasteiger partial charge >= 0.3 is 0 Å².